The summed E-state index contributed by atoms with van der Waals surface area (Å²) in [7, 11) is 0. The molecule has 1 fully saturated rings. The van der Waals surface area contributed by atoms with Crippen LogP contribution in [-0.2, 0) is 0 Å². The van der Waals surface area contributed by atoms with Gasteiger partial charge in [-0.3, -0.25) is 4.90 Å². The van der Waals surface area contributed by atoms with Crippen LogP contribution < -0.4 is 5.73 Å². The number of hydrogen-bond acceptors (Lipinski definition) is 3. The summed E-state index contributed by atoms with van der Waals surface area (Å²) in [5, 5.41) is 0. The standard InChI is InChI=1S/C13H19FN2S/c14-12-5-1-2-6-13(12)17-9-8-16-7-3-4-11(16)10-15/h1-2,5-6,11H,3-4,7-10,15H2. The van der Waals surface area contributed by atoms with E-state index in [4.69, 9.17) is 5.73 Å². The molecule has 0 aromatic heterocycles. The van der Waals surface area contributed by atoms with Gasteiger partial charge in [0.05, 0.1) is 0 Å². The maximum atomic E-state index is 13.4. The monoisotopic (exact) mass is 254 g/mol. The van der Waals surface area contributed by atoms with Crippen LogP contribution in [0, 0.1) is 5.82 Å². The molecule has 0 aliphatic carbocycles. The zero-order chi connectivity index (χ0) is 12.1. The quantitative estimate of drug-likeness (QED) is 0.818. The SMILES string of the molecule is NCC1CCCN1CCSc1ccccc1F. The number of rotatable bonds is 5. The van der Waals surface area contributed by atoms with Crippen molar-refractivity contribution in [1.82, 2.24) is 4.90 Å². The molecule has 0 amide bonds. The van der Waals surface area contributed by atoms with Gasteiger partial charge in [-0.1, -0.05) is 12.1 Å². The Morgan fingerprint density at radius 1 is 1.41 bits per heavy atom. The number of likely N-dealkylation sites (tertiary alicyclic amines) is 1. The smallest absolute Gasteiger partial charge is 0.136 e. The molecule has 94 valence electrons. The summed E-state index contributed by atoms with van der Waals surface area (Å²) in [4.78, 5) is 3.17. The molecule has 0 bridgehead atoms. The van der Waals surface area contributed by atoms with Crippen LogP contribution in [0.5, 0.6) is 0 Å². The molecular formula is C13H19FN2S. The number of nitrogens with zero attached hydrogens (tertiary/aromatic N) is 1. The fourth-order valence-electron chi connectivity index (χ4n) is 2.29. The molecule has 0 spiro atoms. The van der Waals surface area contributed by atoms with E-state index in [0.717, 1.165) is 30.3 Å². The van der Waals surface area contributed by atoms with Gasteiger partial charge in [0.2, 0.25) is 0 Å². The van der Waals surface area contributed by atoms with E-state index < -0.39 is 0 Å². The molecule has 17 heavy (non-hydrogen) atoms. The van der Waals surface area contributed by atoms with Crippen molar-refractivity contribution in [3.05, 3.63) is 30.1 Å². The number of benzene rings is 1. The molecular weight excluding hydrogens is 235 g/mol. The van der Waals surface area contributed by atoms with E-state index in [1.54, 1.807) is 17.8 Å². The molecule has 4 heteroatoms. The van der Waals surface area contributed by atoms with Gasteiger partial charge in [-0.15, -0.1) is 11.8 Å². The molecule has 1 unspecified atom stereocenters. The molecule has 1 heterocycles. The average molecular weight is 254 g/mol. The van der Waals surface area contributed by atoms with Crippen LogP contribution in [0.15, 0.2) is 29.2 Å². The second-order valence-corrected chi connectivity index (χ2v) is 5.48. The molecule has 1 aliphatic heterocycles. The number of thioether (sulfide) groups is 1. The van der Waals surface area contributed by atoms with Gasteiger partial charge in [-0.25, -0.2) is 4.39 Å². The summed E-state index contributed by atoms with van der Waals surface area (Å²) in [5.74, 6) is 0.812. The number of nitrogens with two attached hydrogens (primary N) is 1. The van der Waals surface area contributed by atoms with Crippen molar-refractivity contribution >= 4 is 11.8 Å². The summed E-state index contributed by atoms with van der Waals surface area (Å²) in [6.07, 6.45) is 2.45. The van der Waals surface area contributed by atoms with Crippen LogP contribution in [0.3, 0.4) is 0 Å². The zero-order valence-corrected chi connectivity index (χ0v) is 10.8. The van der Waals surface area contributed by atoms with Crippen LogP contribution in [0.25, 0.3) is 0 Å². The largest absolute Gasteiger partial charge is 0.329 e. The normalized spacial score (nSPS) is 20.9. The first-order valence-electron chi connectivity index (χ1n) is 6.12. The van der Waals surface area contributed by atoms with Crippen LogP contribution >= 0.6 is 11.8 Å². The van der Waals surface area contributed by atoms with Gasteiger partial charge in [0.1, 0.15) is 5.82 Å². The maximum Gasteiger partial charge on any atom is 0.136 e. The zero-order valence-electron chi connectivity index (χ0n) is 9.94. The number of halogens is 1. The number of hydrogen-bond donors (Lipinski definition) is 1. The van der Waals surface area contributed by atoms with Gasteiger partial charge < -0.3 is 5.73 Å². The third-order valence-electron chi connectivity index (χ3n) is 3.24. The molecule has 2 nitrogen and oxygen atoms in total. The van der Waals surface area contributed by atoms with E-state index in [2.05, 4.69) is 4.90 Å². The summed E-state index contributed by atoms with van der Waals surface area (Å²) < 4.78 is 13.4. The molecule has 2 rings (SSSR count). The van der Waals surface area contributed by atoms with E-state index >= 15 is 0 Å². The fourth-order valence-corrected chi connectivity index (χ4v) is 3.22. The fraction of sp³-hybridized carbons (Fsp3) is 0.538. The first kappa shape index (κ1) is 12.9. The van der Waals surface area contributed by atoms with Crippen molar-refractivity contribution in [1.29, 1.82) is 0 Å². The predicted octanol–water partition coefficient (Wildman–Crippen LogP) is 2.34. The van der Waals surface area contributed by atoms with E-state index in [1.807, 2.05) is 12.1 Å². The Bertz CT molecular complexity index is 359. The molecule has 1 saturated heterocycles. The summed E-state index contributed by atoms with van der Waals surface area (Å²) in [6, 6.07) is 7.50. The highest BCUT2D eigenvalue weighted by Crippen LogP contribution is 2.23. The van der Waals surface area contributed by atoms with Crippen molar-refractivity contribution in [3.63, 3.8) is 0 Å². The molecule has 1 aromatic rings. The lowest BCUT2D eigenvalue weighted by atomic mass is 10.2. The van der Waals surface area contributed by atoms with E-state index in [0.29, 0.717) is 6.04 Å². The Morgan fingerprint density at radius 3 is 3.00 bits per heavy atom. The highest BCUT2D eigenvalue weighted by atomic mass is 32.2. The summed E-state index contributed by atoms with van der Waals surface area (Å²) >= 11 is 1.59. The van der Waals surface area contributed by atoms with Gasteiger partial charge >= 0.3 is 0 Å². The van der Waals surface area contributed by atoms with Crippen molar-refractivity contribution < 1.29 is 4.39 Å². The lowest BCUT2D eigenvalue weighted by molar-refractivity contribution is 0.275. The third kappa shape index (κ3) is 3.44. The van der Waals surface area contributed by atoms with Gasteiger partial charge in [-0.05, 0) is 31.5 Å². The minimum atomic E-state index is -0.116. The van der Waals surface area contributed by atoms with Crippen molar-refractivity contribution in [3.8, 4) is 0 Å². The van der Waals surface area contributed by atoms with Crippen molar-refractivity contribution in [2.45, 2.75) is 23.8 Å². The Hall–Kier alpha value is -0.580. The third-order valence-corrected chi connectivity index (χ3v) is 4.27. The second-order valence-electron chi connectivity index (χ2n) is 4.35. The van der Waals surface area contributed by atoms with Gasteiger partial charge in [0, 0.05) is 29.8 Å². The lowest BCUT2D eigenvalue weighted by Crippen LogP contribution is -2.36. The Morgan fingerprint density at radius 2 is 2.24 bits per heavy atom. The molecule has 2 N–H and O–H groups in total. The molecule has 1 atom stereocenters. The summed E-state index contributed by atoms with van der Waals surface area (Å²) in [5.41, 5.74) is 5.72. The maximum absolute atomic E-state index is 13.4. The minimum Gasteiger partial charge on any atom is -0.329 e. The van der Waals surface area contributed by atoms with E-state index in [-0.39, 0.29) is 5.82 Å². The highest BCUT2D eigenvalue weighted by molar-refractivity contribution is 7.99. The average Bonchev–Trinajstić information content (AvgIpc) is 2.79. The topological polar surface area (TPSA) is 29.3 Å². The van der Waals surface area contributed by atoms with Gasteiger partial charge in [0.15, 0.2) is 0 Å². The van der Waals surface area contributed by atoms with Gasteiger partial charge in [-0.2, -0.15) is 0 Å². The van der Waals surface area contributed by atoms with Crippen LogP contribution in [0.4, 0.5) is 4.39 Å². The first-order chi connectivity index (χ1) is 8.31. The van der Waals surface area contributed by atoms with E-state index in [9.17, 15) is 4.39 Å². The molecule has 1 aliphatic rings. The molecule has 1 aromatic carbocycles. The predicted molar refractivity (Wildman–Crippen MR) is 70.8 cm³/mol. The van der Waals surface area contributed by atoms with Crippen LogP contribution in [0.1, 0.15) is 12.8 Å². The van der Waals surface area contributed by atoms with Crippen molar-refractivity contribution in [2.75, 3.05) is 25.4 Å². The summed E-state index contributed by atoms with van der Waals surface area (Å²) in [6.45, 7) is 2.88. The van der Waals surface area contributed by atoms with Crippen LogP contribution in [0.2, 0.25) is 0 Å². The molecule has 0 radical (unpaired) electrons. The highest BCUT2D eigenvalue weighted by Gasteiger charge is 2.22. The van der Waals surface area contributed by atoms with Gasteiger partial charge in [0.25, 0.3) is 0 Å². The minimum absolute atomic E-state index is 0.116. The van der Waals surface area contributed by atoms with Crippen LogP contribution in [-0.4, -0.2) is 36.3 Å². The van der Waals surface area contributed by atoms with Crippen molar-refractivity contribution in [2.24, 2.45) is 5.73 Å². The Balaban J connectivity index is 1.78. The first-order valence-corrected chi connectivity index (χ1v) is 7.11. The molecule has 0 saturated carbocycles. The lowest BCUT2D eigenvalue weighted by Gasteiger charge is -2.22. The Labute approximate surface area is 106 Å². The van der Waals surface area contributed by atoms with E-state index in [1.165, 1.54) is 18.9 Å². The Kier molecular flexibility index (Phi) is 4.83. The second kappa shape index (κ2) is 6.38.